The van der Waals surface area contributed by atoms with Gasteiger partial charge >= 0.3 is 0 Å². The van der Waals surface area contributed by atoms with Crippen LogP contribution >= 0.6 is 0 Å². The molecule has 1 atom stereocenters. The first-order chi connectivity index (χ1) is 13.6. The molecule has 1 aliphatic heterocycles. The topological polar surface area (TPSA) is 58.6 Å². The molecule has 28 heavy (non-hydrogen) atoms. The second-order valence-corrected chi connectivity index (χ2v) is 7.69. The first-order valence-corrected chi connectivity index (χ1v) is 10.0. The normalized spacial score (nSPS) is 18.8. The Bertz CT molecular complexity index is 858. The minimum absolute atomic E-state index is 0.0279. The van der Waals surface area contributed by atoms with E-state index in [2.05, 4.69) is 5.32 Å². The molecule has 146 valence electrons. The number of ether oxygens (including phenoxy) is 1. The Balaban J connectivity index is 1.35. The third-order valence-electron chi connectivity index (χ3n) is 5.48. The van der Waals surface area contributed by atoms with E-state index >= 15 is 0 Å². The van der Waals surface area contributed by atoms with Crippen LogP contribution in [0.1, 0.15) is 52.0 Å². The van der Waals surface area contributed by atoms with Crippen LogP contribution in [0.4, 0.5) is 0 Å². The van der Waals surface area contributed by atoms with Crippen LogP contribution in [0.15, 0.2) is 48.5 Å². The molecule has 0 spiro atoms. The predicted octanol–water partition coefficient (Wildman–Crippen LogP) is 3.57. The van der Waals surface area contributed by atoms with Crippen molar-refractivity contribution in [3.8, 4) is 5.75 Å². The quantitative estimate of drug-likeness (QED) is 0.836. The summed E-state index contributed by atoms with van der Waals surface area (Å²) in [5.41, 5.74) is 2.41. The fourth-order valence-electron chi connectivity index (χ4n) is 3.64. The van der Waals surface area contributed by atoms with Crippen LogP contribution in [-0.4, -0.2) is 41.9 Å². The van der Waals surface area contributed by atoms with Gasteiger partial charge in [0.15, 0.2) is 0 Å². The largest absolute Gasteiger partial charge is 0.491 e. The summed E-state index contributed by atoms with van der Waals surface area (Å²) in [6, 6.07) is 15.4. The van der Waals surface area contributed by atoms with Gasteiger partial charge in [-0.3, -0.25) is 9.59 Å². The molecule has 2 aliphatic rings. The highest BCUT2D eigenvalue weighted by Gasteiger charge is 2.30. The monoisotopic (exact) mass is 378 g/mol. The summed E-state index contributed by atoms with van der Waals surface area (Å²) in [5, 5.41) is 2.98. The van der Waals surface area contributed by atoms with Crippen LogP contribution in [0.5, 0.6) is 5.75 Å². The average molecular weight is 378 g/mol. The van der Waals surface area contributed by atoms with Crippen molar-refractivity contribution in [2.45, 2.75) is 44.7 Å². The van der Waals surface area contributed by atoms with Gasteiger partial charge in [-0.2, -0.15) is 0 Å². The van der Waals surface area contributed by atoms with Gasteiger partial charge in [0, 0.05) is 23.7 Å². The molecule has 0 aromatic heterocycles. The summed E-state index contributed by atoms with van der Waals surface area (Å²) in [6.07, 6.45) is 4.09. The SMILES string of the molecule is Cc1ccccc1C(=O)N1CCCC1COc1ccc(C(=O)NC2CC2)cc1. The van der Waals surface area contributed by atoms with Gasteiger partial charge < -0.3 is 15.0 Å². The highest BCUT2D eigenvalue weighted by Crippen LogP contribution is 2.23. The van der Waals surface area contributed by atoms with Crippen molar-refractivity contribution in [2.24, 2.45) is 0 Å². The third-order valence-corrected chi connectivity index (χ3v) is 5.48. The molecule has 5 heteroatoms. The van der Waals surface area contributed by atoms with E-state index in [0.717, 1.165) is 49.1 Å². The first kappa shape index (κ1) is 18.5. The van der Waals surface area contributed by atoms with Gasteiger partial charge in [0.2, 0.25) is 0 Å². The molecule has 0 radical (unpaired) electrons. The molecular formula is C23H26N2O3. The molecule has 2 fully saturated rings. The molecule has 2 aromatic carbocycles. The van der Waals surface area contributed by atoms with E-state index in [0.29, 0.717) is 18.2 Å². The molecule has 2 aromatic rings. The second-order valence-electron chi connectivity index (χ2n) is 7.69. The number of nitrogens with one attached hydrogen (secondary N) is 1. The highest BCUT2D eigenvalue weighted by atomic mass is 16.5. The number of carbonyl (C=O) groups excluding carboxylic acids is 2. The Morgan fingerprint density at radius 3 is 2.54 bits per heavy atom. The van der Waals surface area contributed by atoms with Crippen molar-refractivity contribution < 1.29 is 14.3 Å². The van der Waals surface area contributed by atoms with E-state index in [9.17, 15) is 9.59 Å². The number of aryl methyl sites for hydroxylation is 1. The molecule has 5 nitrogen and oxygen atoms in total. The summed E-state index contributed by atoms with van der Waals surface area (Å²) in [5.74, 6) is 0.773. The zero-order chi connectivity index (χ0) is 19.5. The molecule has 1 heterocycles. The molecule has 1 saturated heterocycles. The van der Waals surface area contributed by atoms with E-state index in [4.69, 9.17) is 4.74 Å². The van der Waals surface area contributed by atoms with Crippen molar-refractivity contribution in [3.05, 3.63) is 65.2 Å². The molecule has 1 saturated carbocycles. The van der Waals surface area contributed by atoms with E-state index in [1.165, 1.54) is 0 Å². The lowest BCUT2D eigenvalue weighted by Crippen LogP contribution is -2.39. The minimum atomic E-state index is -0.0279. The fourth-order valence-corrected chi connectivity index (χ4v) is 3.64. The first-order valence-electron chi connectivity index (χ1n) is 10.0. The summed E-state index contributed by atoms with van der Waals surface area (Å²) >= 11 is 0. The summed E-state index contributed by atoms with van der Waals surface area (Å²) in [4.78, 5) is 26.9. The van der Waals surface area contributed by atoms with Crippen LogP contribution in [0, 0.1) is 6.92 Å². The van der Waals surface area contributed by atoms with Gasteiger partial charge in [-0.15, -0.1) is 0 Å². The number of amides is 2. The maximum Gasteiger partial charge on any atom is 0.254 e. The van der Waals surface area contributed by atoms with Gasteiger partial charge in [0.1, 0.15) is 12.4 Å². The number of hydrogen-bond acceptors (Lipinski definition) is 3. The zero-order valence-electron chi connectivity index (χ0n) is 16.2. The number of hydrogen-bond donors (Lipinski definition) is 1. The van der Waals surface area contributed by atoms with E-state index in [1.54, 1.807) is 12.1 Å². The van der Waals surface area contributed by atoms with Gasteiger partial charge in [0.25, 0.3) is 11.8 Å². The van der Waals surface area contributed by atoms with Crippen LogP contribution in [0.3, 0.4) is 0 Å². The van der Waals surface area contributed by atoms with E-state index in [1.807, 2.05) is 48.2 Å². The Hall–Kier alpha value is -2.82. The lowest BCUT2D eigenvalue weighted by atomic mass is 10.1. The molecule has 0 bridgehead atoms. The molecule has 4 rings (SSSR count). The third kappa shape index (κ3) is 4.19. The molecule has 2 amide bonds. The lowest BCUT2D eigenvalue weighted by Gasteiger charge is -2.25. The lowest BCUT2D eigenvalue weighted by molar-refractivity contribution is 0.0690. The number of benzene rings is 2. The van der Waals surface area contributed by atoms with Crippen molar-refractivity contribution in [1.29, 1.82) is 0 Å². The Morgan fingerprint density at radius 2 is 1.82 bits per heavy atom. The van der Waals surface area contributed by atoms with Crippen molar-refractivity contribution in [2.75, 3.05) is 13.2 Å². The van der Waals surface area contributed by atoms with Crippen LogP contribution < -0.4 is 10.1 Å². The summed E-state index contributed by atoms with van der Waals surface area (Å²) in [6.45, 7) is 3.20. The Morgan fingerprint density at radius 1 is 1.07 bits per heavy atom. The zero-order valence-corrected chi connectivity index (χ0v) is 16.2. The van der Waals surface area contributed by atoms with Gasteiger partial charge in [-0.1, -0.05) is 18.2 Å². The average Bonchev–Trinajstić information content (AvgIpc) is 3.40. The number of carbonyl (C=O) groups is 2. The minimum Gasteiger partial charge on any atom is -0.491 e. The predicted molar refractivity (Wildman–Crippen MR) is 108 cm³/mol. The van der Waals surface area contributed by atoms with E-state index < -0.39 is 0 Å². The Kier molecular flexibility index (Phi) is 5.33. The van der Waals surface area contributed by atoms with Crippen molar-refractivity contribution >= 4 is 11.8 Å². The van der Waals surface area contributed by atoms with Gasteiger partial charge in [0.05, 0.1) is 6.04 Å². The van der Waals surface area contributed by atoms with Crippen LogP contribution in [0.2, 0.25) is 0 Å². The highest BCUT2D eigenvalue weighted by molar-refractivity contribution is 5.96. The van der Waals surface area contributed by atoms with Crippen molar-refractivity contribution in [1.82, 2.24) is 10.2 Å². The molecule has 1 N–H and O–H groups in total. The Labute approximate surface area is 165 Å². The molecule has 1 unspecified atom stereocenters. The van der Waals surface area contributed by atoms with Crippen LogP contribution in [-0.2, 0) is 0 Å². The molecule has 1 aliphatic carbocycles. The second kappa shape index (κ2) is 8.05. The standard InChI is InChI=1S/C23H26N2O3/c1-16-5-2-3-7-21(16)23(27)25-14-4-6-19(25)15-28-20-12-8-17(9-13-20)22(26)24-18-10-11-18/h2-3,5,7-9,12-13,18-19H,4,6,10-11,14-15H2,1H3,(H,24,26). The number of nitrogens with zero attached hydrogens (tertiary/aromatic N) is 1. The maximum atomic E-state index is 12.9. The fraction of sp³-hybridized carbons (Fsp3) is 0.391. The van der Waals surface area contributed by atoms with E-state index in [-0.39, 0.29) is 17.9 Å². The summed E-state index contributed by atoms with van der Waals surface area (Å²) < 4.78 is 5.94. The van der Waals surface area contributed by atoms with Gasteiger partial charge in [-0.05, 0) is 68.5 Å². The summed E-state index contributed by atoms with van der Waals surface area (Å²) in [7, 11) is 0. The number of likely N-dealkylation sites (tertiary alicyclic amines) is 1. The smallest absolute Gasteiger partial charge is 0.254 e. The van der Waals surface area contributed by atoms with Crippen molar-refractivity contribution in [3.63, 3.8) is 0 Å². The van der Waals surface area contributed by atoms with Gasteiger partial charge in [-0.25, -0.2) is 0 Å². The van der Waals surface area contributed by atoms with Crippen LogP contribution in [0.25, 0.3) is 0 Å². The maximum absolute atomic E-state index is 12.9. The number of rotatable bonds is 6. The molecular weight excluding hydrogens is 352 g/mol.